The number of anilines is 3. The number of carbonyl (C=O) groups is 1. The first kappa shape index (κ1) is 21.5. The monoisotopic (exact) mass is 444 g/mol. The first-order valence-corrected chi connectivity index (χ1v) is 10.2. The van der Waals surface area contributed by atoms with Crippen LogP contribution in [0.3, 0.4) is 0 Å². The van der Waals surface area contributed by atoms with Gasteiger partial charge in [-0.05, 0) is 35.9 Å². The molecule has 0 saturated heterocycles. The summed E-state index contributed by atoms with van der Waals surface area (Å²) in [5.74, 6) is 6.14. The number of hydrogen-bond acceptors (Lipinski definition) is 8. The van der Waals surface area contributed by atoms with E-state index < -0.39 is 0 Å². The van der Waals surface area contributed by atoms with Crippen molar-refractivity contribution in [2.24, 2.45) is 5.10 Å². The van der Waals surface area contributed by atoms with Crippen molar-refractivity contribution in [2.75, 3.05) is 41.3 Å². The van der Waals surface area contributed by atoms with Crippen LogP contribution >= 0.6 is 23.4 Å². The number of benzene rings is 2. The van der Waals surface area contributed by atoms with Gasteiger partial charge in [-0.1, -0.05) is 41.6 Å². The first-order valence-electron chi connectivity index (χ1n) is 8.87. The fourth-order valence-corrected chi connectivity index (χ4v) is 3.21. The molecule has 3 rings (SSSR count). The second kappa shape index (κ2) is 9.99. The number of hydrazone groups is 1. The van der Waals surface area contributed by atoms with E-state index in [0.29, 0.717) is 15.9 Å². The molecule has 9 nitrogen and oxygen atoms in total. The van der Waals surface area contributed by atoms with Gasteiger partial charge in [0.15, 0.2) is 0 Å². The molecule has 2 aromatic carbocycles. The molecule has 0 fully saturated rings. The van der Waals surface area contributed by atoms with E-state index in [2.05, 4.69) is 26.0 Å². The highest BCUT2D eigenvalue weighted by Crippen LogP contribution is 2.19. The van der Waals surface area contributed by atoms with E-state index in [1.165, 1.54) is 4.68 Å². The first-order chi connectivity index (χ1) is 14.4. The smallest absolute Gasteiger partial charge is 0.264 e. The molecular formula is C19H21ClN8OS. The van der Waals surface area contributed by atoms with E-state index in [4.69, 9.17) is 17.4 Å². The van der Waals surface area contributed by atoms with Crippen LogP contribution in [0.4, 0.5) is 17.3 Å². The molecule has 0 aliphatic rings. The summed E-state index contributed by atoms with van der Waals surface area (Å²) in [4.78, 5) is 14.1. The third kappa shape index (κ3) is 5.88. The van der Waals surface area contributed by atoms with Crippen LogP contribution in [0.15, 0.2) is 58.8 Å². The predicted octanol–water partition coefficient (Wildman–Crippen LogP) is 2.89. The zero-order chi connectivity index (χ0) is 21.5. The Bertz CT molecular complexity index is 1040. The summed E-state index contributed by atoms with van der Waals surface area (Å²) in [7, 11) is 3.96. The number of nitrogen functional groups attached to an aromatic ring is 1. The van der Waals surface area contributed by atoms with Crippen LogP contribution in [0.1, 0.15) is 5.56 Å². The molecule has 30 heavy (non-hydrogen) atoms. The number of hydrogen-bond donors (Lipinski definition) is 3. The van der Waals surface area contributed by atoms with E-state index in [9.17, 15) is 4.79 Å². The molecule has 0 aliphatic heterocycles. The van der Waals surface area contributed by atoms with E-state index in [-0.39, 0.29) is 17.6 Å². The van der Waals surface area contributed by atoms with Gasteiger partial charge in [-0.3, -0.25) is 4.79 Å². The molecular weight excluding hydrogens is 424 g/mol. The van der Waals surface area contributed by atoms with Crippen molar-refractivity contribution in [1.29, 1.82) is 0 Å². The molecule has 0 aliphatic carbocycles. The summed E-state index contributed by atoms with van der Waals surface area (Å²) in [5, 5.41) is 15.7. The standard InChI is InChI=1S/C19H21ClN8OS/c1-27(2)16-8-6-13(7-9-16)11-22-24-18-25-26-19(28(18)21)30-12-17(29)23-15-5-3-4-14(20)10-15/h3-11H,12,21H2,1-2H3,(H,23,29)(H,24,25)/b22-11+. The number of carbonyl (C=O) groups excluding carboxylic acids is 1. The number of nitrogens with zero attached hydrogens (tertiary/aromatic N) is 5. The topological polar surface area (TPSA) is 113 Å². The van der Waals surface area contributed by atoms with Gasteiger partial charge in [-0.2, -0.15) is 5.10 Å². The van der Waals surface area contributed by atoms with E-state index in [1.54, 1.807) is 30.5 Å². The van der Waals surface area contributed by atoms with Gasteiger partial charge >= 0.3 is 0 Å². The van der Waals surface area contributed by atoms with Gasteiger partial charge in [0.2, 0.25) is 11.1 Å². The molecule has 156 valence electrons. The number of thioether (sulfide) groups is 1. The van der Waals surface area contributed by atoms with Crippen LogP contribution in [-0.4, -0.2) is 46.8 Å². The highest BCUT2D eigenvalue weighted by Gasteiger charge is 2.12. The van der Waals surface area contributed by atoms with Crippen molar-refractivity contribution in [1.82, 2.24) is 14.9 Å². The summed E-state index contributed by atoms with van der Waals surface area (Å²) in [6, 6.07) is 14.8. The summed E-state index contributed by atoms with van der Waals surface area (Å²) < 4.78 is 1.24. The lowest BCUT2D eigenvalue weighted by Crippen LogP contribution is -2.16. The van der Waals surface area contributed by atoms with Crippen LogP contribution in [-0.2, 0) is 4.79 Å². The van der Waals surface area contributed by atoms with Crippen molar-refractivity contribution in [3.8, 4) is 0 Å². The quantitative estimate of drug-likeness (QED) is 0.212. The van der Waals surface area contributed by atoms with Gasteiger partial charge < -0.3 is 16.1 Å². The minimum atomic E-state index is -0.209. The van der Waals surface area contributed by atoms with Gasteiger partial charge in [-0.15, -0.1) is 10.2 Å². The Kier molecular flexibility index (Phi) is 7.15. The molecule has 0 saturated carbocycles. The maximum Gasteiger partial charge on any atom is 0.264 e. The van der Waals surface area contributed by atoms with Gasteiger partial charge in [0.1, 0.15) is 0 Å². The van der Waals surface area contributed by atoms with Crippen molar-refractivity contribution in [3.63, 3.8) is 0 Å². The van der Waals surface area contributed by atoms with Crippen molar-refractivity contribution in [2.45, 2.75) is 5.16 Å². The maximum atomic E-state index is 12.1. The third-order valence-electron chi connectivity index (χ3n) is 3.89. The molecule has 0 radical (unpaired) electrons. The summed E-state index contributed by atoms with van der Waals surface area (Å²) in [5.41, 5.74) is 5.39. The molecule has 0 spiro atoms. The van der Waals surface area contributed by atoms with Gasteiger partial charge in [0, 0.05) is 30.5 Å². The molecule has 1 aromatic heterocycles. The summed E-state index contributed by atoms with van der Waals surface area (Å²) in [6.45, 7) is 0. The number of aromatic nitrogens is 3. The van der Waals surface area contributed by atoms with Crippen molar-refractivity contribution >= 4 is 52.8 Å². The molecule has 0 bridgehead atoms. The molecule has 1 heterocycles. The molecule has 4 N–H and O–H groups in total. The second-order valence-corrected chi connectivity index (χ2v) is 7.76. The Balaban J connectivity index is 1.52. The fourth-order valence-electron chi connectivity index (χ4n) is 2.37. The lowest BCUT2D eigenvalue weighted by atomic mass is 10.2. The van der Waals surface area contributed by atoms with Gasteiger partial charge in [-0.25, -0.2) is 10.1 Å². The number of nitrogens with two attached hydrogens (primary N) is 1. The average Bonchev–Trinajstić information content (AvgIpc) is 3.06. The second-order valence-electron chi connectivity index (χ2n) is 6.38. The lowest BCUT2D eigenvalue weighted by molar-refractivity contribution is -0.113. The lowest BCUT2D eigenvalue weighted by Gasteiger charge is -2.11. The van der Waals surface area contributed by atoms with E-state index in [1.807, 2.05) is 43.3 Å². The highest BCUT2D eigenvalue weighted by atomic mass is 35.5. The maximum absolute atomic E-state index is 12.1. The number of halogens is 1. The Morgan fingerprint density at radius 1 is 1.27 bits per heavy atom. The highest BCUT2D eigenvalue weighted by molar-refractivity contribution is 7.99. The molecule has 3 aromatic rings. The molecule has 1 amide bonds. The Morgan fingerprint density at radius 2 is 2.03 bits per heavy atom. The normalized spacial score (nSPS) is 10.9. The summed E-state index contributed by atoms with van der Waals surface area (Å²) >= 11 is 7.07. The SMILES string of the molecule is CN(C)c1ccc(/C=N/Nc2nnc(SCC(=O)Nc3cccc(Cl)c3)n2N)cc1. The number of rotatable bonds is 8. The van der Waals surface area contributed by atoms with Crippen LogP contribution in [0, 0.1) is 0 Å². The number of nitrogens with one attached hydrogen (secondary N) is 2. The van der Waals surface area contributed by atoms with Crippen molar-refractivity contribution < 1.29 is 4.79 Å². The van der Waals surface area contributed by atoms with Crippen molar-refractivity contribution in [3.05, 3.63) is 59.1 Å². The van der Waals surface area contributed by atoms with E-state index in [0.717, 1.165) is 23.0 Å². The minimum absolute atomic E-state index is 0.114. The van der Waals surface area contributed by atoms with Crippen LogP contribution < -0.4 is 21.5 Å². The Morgan fingerprint density at radius 3 is 2.73 bits per heavy atom. The average molecular weight is 445 g/mol. The zero-order valence-corrected chi connectivity index (χ0v) is 18.0. The van der Waals surface area contributed by atoms with Crippen LogP contribution in [0.25, 0.3) is 0 Å². The van der Waals surface area contributed by atoms with E-state index >= 15 is 0 Å². The zero-order valence-electron chi connectivity index (χ0n) is 16.4. The molecule has 0 unspecified atom stereocenters. The van der Waals surface area contributed by atoms with Crippen LogP contribution in [0.5, 0.6) is 0 Å². The minimum Gasteiger partial charge on any atom is -0.378 e. The fraction of sp³-hybridized carbons (Fsp3) is 0.158. The number of amides is 1. The predicted molar refractivity (Wildman–Crippen MR) is 123 cm³/mol. The third-order valence-corrected chi connectivity index (χ3v) is 5.07. The largest absolute Gasteiger partial charge is 0.378 e. The Labute approximate surface area is 183 Å². The van der Waals surface area contributed by atoms with Crippen LogP contribution in [0.2, 0.25) is 5.02 Å². The molecule has 0 atom stereocenters. The van der Waals surface area contributed by atoms with Gasteiger partial charge in [0.25, 0.3) is 5.95 Å². The summed E-state index contributed by atoms with van der Waals surface area (Å²) in [6.07, 6.45) is 1.65. The molecule has 11 heteroatoms. The Hall–Kier alpha value is -3.24. The van der Waals surface area contributed by atoms with Gasteiger partial charge in [0.05, 0.1) is 12.0 Å².